The average Bonchev–Trinajstić information content (AvgIpc) is 2.56. The molecule has 1 aromatic heterocycles. The minimum absolute atomic E-state index is 0.103. The third kappa shape index (κ3) is 6.40. The summed E-state index contributed by atoms with van der Waals surface area (Å²) < 4.78 is 5.48. The fourth-order valence-electron chi connectivity index (χ4n) is 1.93. The molecule has 24 heavy (non-hydrogen) atoms. The number of halogens is 1. The Morgan fingerprint density at radius 1 is 1.42 bits per heavy atom. The maximum absolute atomic E-state index is 11.7. The second-order valence-corrected chi connectivity index (χ2v) is 5.66. The van der Waals surface area contributed by atoms with Crippen LogP contribution in [0.1, 0.15) is 11.1 Å². The fourth-order valence-corrected chi connectivity index (χ4v) is 2.11. The number of aromatic nitrogens is 1. The Kier molecular flexibility index (Phi) is 6.78. The van der Waals surface area contributed by atoms with Gasteiger partial charge in [-0.15, -0.1) is 0 Å². The number of hydrogen-bond donors (Lipinski definition) is 2. The number of rotatable bonds is 7. The van der Waals surface area contributed by atoms with Gasteiger partial charge < -0.3 is 15.2 Å². The molecule has 1 unspecified atom stereocenters. The highest BCUT2D eigenvalue weighted by atomic mass is 35.5. The predicted molar refractivity (Wildman–Crippen MR) is 94.0 cm³/mol. The molecule has 0 aliphatic rings. The number of carbonyl (C=O) groups excluding carboxylic acids is 1. The summed E-state index contributed by atoms with van der Waals surface area (Å²) in [7, 11) is 0. The van der Waals surface area contributed by atoms with Crippen LogP contribution in [0.5, 0.6) is 5.75 Å². The number of ether oxygens (including phenoxy) is 1. The summed E-state index contributed by atoms with van der Waals surface area (Å²) in [6, 6.07) is 10.9. The van der Waals surface area contributed by atoms with Crippen molar-refractivity contribution >= 4 is 23.6 Å². The number of aryl methyl sites for hydroxylation is 1. The summed E-state index contributed by atoms with van der Waals surface area (Å²) in [4.78, 5) is 15.6. The molecule has 2 rings (SSSR count). The lowest BCUT2D eigenvalue weighted by Gasteiger charge is -2.13. The highest BCUT2D eigenvalue weighted by Crippen LogP contribution is 2.12. The molecule has 6 heteroatoms. The average molecular weight is 347 g/mol. The molecule has 1 aromatic carbocycles. The number of aliphatic hydroxyl groups is 1. The molecule has 0 saturated heterocycles. The summed E-state index contributed by atoms with van der Waals surface area (Å²) in [5.74, 6) is 0.382. The monoisotopic (exact) mass is 346 g/mol. The second kappa shape index (κ2) is 9.05. The van der Waals surface area contributed by atoms with E-state index in [4.69, 9.17) is 16.3 Å². The number of carbonyl (C=O) groups is 1. The standard InChI is InChI=1S/C18H19ClN2O3/c1-13-3-2-4-16(9-13)24-12-15(22)11-21-18(23)6-5-14-7-8-20-17(19)10-14/h2-10,15,22H,11-12H2,1H3,(H,21,23)/b6-5+. The number of pyridine rings is 1. The van der Waals surface area contributed by atoms with Crippen LogP contribution in [0.3, 0.4) is 0 Å². The predicted octanol–water partition coefficient (Wildman–Crippen LogP) is 2.61. The molecule has 0 fully saturated rings. The van der Waals surface area contributed by atoms with Gasteiger partial charge in [0.1, 0.15) is 23.6 Å². The van der Waals surface area contributed by atoms with Crippen LogP contribution in [0.4, 0.5) is 0 Å². The van der Waals surface area contributed by atoms with E-state index < -0.39 is 6.10 Å². The first-order chi connectivity index (χ1) is 11.5. The molecular formula is C18H19ClN2O3. The number of nitrogens with one attached hydrogen (secondary N) is 1. The van der Waals surface area contributed by atoms with Gasteiger partial charge in [-0.3, -0.25) is 4.79 Å². The largest absolute Gasteiger partial charge is 0.491 e. The van der Waals surface area contributed by atoms with Crippen LogP contribution in [0.2, 0.25) is 5.15 Å². The molecule has 0 bridgehead atoms. The Morgan fingerprint density at radius 2 is 2.25 bits per heavy atom. The third-order valence-electron chi connectivity index (χ3n) is 3.12. The Labute approximate surface area is 145 Å². The van der Waals surface area contributed by atoms with E-state index in [0.717, 1.165) is 11.1 Å². The van der Waals surface area contributed by atoms with E-state index >= 15 is 0 Å². The van der Waals surface area contributed by atoms with Crippen LogP contribution in [0, 0.1) is 6.92 Å². The quantitative estimate of drug-likeness (QED) is 0.597. The zero-order chi connectivity index (χ0) is 17.4. The van der Waals surface area contributed by atoms with Crippen molar-refractivity contribution in [3.63, 3.8) is 0 Å². The van der Waals surface area contributed by atoms with Gasteiger partial charge in [-0.2, -0.15) is 0 Å². The van der Waals surface area contributed by atoms with E-state index in [2.05, 4.69) is 10.3 Å². The molecule has 0 aliphatic heterocycles. The Morgan fingerprint density at radius 3 is 3.00 bits per heavy atom. The summed E-state index contributed by atoms with van der Waals surface area (Å²) in [5, 5.41) is 12.8. The van der Waals surface area contributed by atoms with Crippen molar-refractivity contribution in [2.24, 2.45) is 0 Å². The van der Waals surface area contributed by atoms with E-state index in [1.165, 1.54) is 6.08 Å². The number of nitrogens with zero attached hydrogens (tertiary/aromatic N) is 1. The van der Waals surface area contributed by atoms with Crippen molar-refractivity contribution < 1.29 is 14.6 Å². The first-order valence-electron chi connectivity index (χ1n) is 7.48. The van der Waals surface area contributed by atoms with Crippen molar-refractivity contribution in [2.75, 3.05) is 13.2 Å². The summed E-state index contributed by atoms with van der Waals surface area (Å²) in [5.41, 5.74) is 1.85. The molecule has 1 atom stereocenters. The SMILES string of the molecule is Cc1cccc(OCC(O)CNC(=O)/C=C/c2ccnc(Cl)c2)c1. The Bertz CT molecular complexity index is 719. The molecular weight excluding hydrogens is 328 g/mol. The molecule has 0 saturated carbocycles. The fraction of sp³-hybridized carbons (Fsp3) is 0.222. The van der Waals surface area contributed by atoms with Gasteiger partial charge in [0.25, 0.3) is 0 Å². The van der Waals surface area contributed by atoms with Crippen LogP contribution in [-0.4, -0.2) is 35.3 Å². The summed E-state index contributed by atoms with van der Waals surface area (Å²) in [6.07, 6.45) is 3.77. The molecule has 0 spiro atoms. The van der Waals surface area contributed by atoms with Gasteiger partial charge in [0.2, 0.25) is 5.91 Å². The van der Waals surface area contributed by atoms with E-state index in [1.807, 2.05) is 31.2 Å². The van der Waals surface area contributed by atoms with Crippen molar-refractivity contribution in [3.8, 4) is 5.75 Å². The zero-order valence-corrected chi connectivity index (χ0v) is 14.0. The normalized spacial score (nSPS) is 12.1. The lowest BCUT2D eigenvalue weighted by atomic mass is 10.2. The van der Waals surface area contributed by atoms with Crippen LogP contribution < -0.4 is 10.1 Å². The van der Waals surface area contributed by atoms with Gasteiger partial charge in [0.15, 0.2) is 0 Å². The summed E-state index contributed by atoms with van der Waals surface area (Å²) in [6.45, 7) is 2.17. The van der Waals surface area contributed by atoms with Crippen molar-refractivity contribution in [3.05, 3.63) is 65.0 Å². The van der Waals surface area contributed by atoms with Crippen LogP contribution in [-0.2, 0) is 4.79 Å². The molecule has 2 aromatic rings. The van der Waals surface area contributed by atoms with E-state index in [9.17, 15) is 9.90 Å². The second-order valence-electron chi connectivity index (χ2n) is 5.27. The zero-order valence-electron chi connectivity index (χ0n) is 13.3. The van der Waals surface area contributed by atoms with Crippen molar-refractivity contribution in [1.29, 1.82) is 0 Å². The maximum atomic E-state index is 11.7. The van der Waals surface area contributed by atoms with E-state index in [0.29, 0.717) is 10.9 Å². The van der Waals surface area contributed by atoms with Gasteiger partial charge >= 0.3 is 0 Å². The third-order valence-corrected chi connectivity index (χ3v) is 3.33. The van der Waals surface area contributed by atoms with Crippen LogP contribution >= 0.6 is 11.6 Å². The number of benzene rings is 1. The molecule has 0 aliphatic carbocycles. The topological polar surface area (TPSA) is 71.5 Å². The number of aliphatic hydroxyl groups excluding tert-OH is 1. The van der Waals surface area contributed by atoms with Gasteiger partial charge in [-0.25, -0.2) is 4.98 Å². The molecule has 5 nitrogen and oxygen atoms in total. The summed E-state index contributed by atoms with van der Waals surface area (Å²) >= 11 is 5.77. The molecule has 0 radical (unpaired) electrons. The van der Waals surface area contributed by atoms with Gasteiger partial charge in [-0.05, 0) is 48.4 Å². The van der Waals surface area contributed by atoms with Crippen LogP contribution in [0.25, 0.3) is 6.08 Å². The van der Waals surface area contributed by atoms with E-state index in [1.54, 1.807) is 24.4 Å². The van der Waals surface area contributed by atoms with Crippen LogP contribution in [0.15, 0.2) is 48.7 Å². The number of hydrogen-bond acceptors (Lipinski definition) is 4. The minimum atomic E-state index is -0.793. The van der Waals surface area contributed by atoms with E-state index in [-0.39, 0.29) is 19.1 Å². The minimum Gasteiger partial charge on any atom is -0.491 e. The molecule has 1 heterocycles. The molecule has 126 valence electrons. The Balaban J connectivity index is 1.73. The first-order valence-corrected chi connectivity index (χ1v) is 7.86. The van der Waals surface area contributed by atoms with Gasteiger partial charge in [0.05, 0.1) is 0 Å². The van der Waals surface area contributed by atoms with Crippen molar-refractivity contribution in [1.82, 2.24) is 10.3 Å². The van der Waals surface area contributed by atoms with Gasteiger partial charge in [-0.1, -0.05) is 23.7 Å². The molecule has 2 N–H and O–H groups in total. The maximum Gasteiger partial charge on any atom is 0.244 e. The first kappa shape index (κ1) is 18.0. The lowest BCUT2D eigenvalue weighted by molar-refractivity contribution is -0.117. The number of amides is 1. The lowest BCUT2D eigenvalue weighted by Crippen LogP contribution is -2.34. The Hall–Kier alpha value is -2.37. The smallest absolute Gasteiger partial charge is 0.244 e. The highest BCUT2D eigenvalue weighted by molar-refractivity contribution is 6.29. The highest BCUT2D eigenvalue weighted by Gasteiger charge is 2.06. The van der Waals surface area contributed by atoms with Crippen molar-refractivity contribution in [2.45, 2.75) is 13.0 Å². The molecule has 1 amide bonds. The van der Waals surface area contributed by atoms with Gasteiger partial charge in [0, 0.05) is 18.8 Å².